The molecule has 0 aliphatic carbocycles. The van der Waals surface area contributed by atoms with Crippen molar-refractivity contribution < 1.29 is 9.72 Å². The third-order valence-electron chi connectivity index (χ3n) is 2.81. The summed E-state index contributed by atoms with van der Waals surface area (Å²) in [5, 5.41) is 11.6. The van der Waals surface area contributed by atoms with Gasteiger partial charge < -0.3 is 10.1 Å². The van der Waals surface area contributed by atoms with Crippen LogP contribution >= 0.6 is 39.1 Å². The van der Waals surface area contributed by atoms with Gasteiger partial charge in [0.2, 0.25) is 10.4 Å². The lowest BCUT2D eigenvalue weighted by molar-refractivity contribution is -0.392. The van der Waals surface area contributed by atoms with E-state index in [0.717, 1.165) is 0 Å². The number of imidazole rings is 1. The van der Waals surface area contributed by atoms with Crippen molar-refractivity contribution in [3.63, 3.8) is 0 Å². The summed E-state index contributed by atoms with van der Waals surface area (Å²) in [6.45, 7) is 1.37. The van der Waals surface area contributed by atoms with Crippen LogP contribution in [-0.2, 0) is 6.54 Å². The SMILES string of the molecule is Cc1nc(Br)c([N+](=O)[O-])n1CC(=O)c1ccc(Cl)c(Cl)c1. The van der Waals surface area contributed by atoms with E-state index in [0.29, 0.717) is 16.4 Å². The summed E-state index contributed by atoms with van der Waals surface area (Å²) < 4.78 is 1.32. The fourth-order valence-electron chi connectivity index (χ4n) is 1.78. The van der Waals surface area contributed by atoms with Crippen molar-refractivity contribution in [3.05, 3.63) is 54.3 Å². The molecule has 0 unspecified atom stereocenters. The van der Waals surface area contributed by atoms with Gasteiger partial charge in [-0.15, -0.1) is 0 Å². The first-order valence-corrected chi connectivity index (χ1v) is 7.21. The molecule has 0 amide bonds. The lowest BCUT2D eigenvalue weighted by Gasteiger charge is -2.04. The predicted molar refractivity (Wildman–Crippen MR) is 82.1 cm³/mol. The standard InChI is InChI=1S/C12H8BrCl2N3O3/c1-6-16-11(13)12(18(20)21)17(6)5-10(19)7-2-3-8(14)9(15)4-7/h2-4H,5H2,1H3. The monoisotopic (exact) mass is 391 g/mol. The molecule has 110 valence electrons. The fourth-order valence-corrected chi connectivity index (χ4v) is 2.70. The van der Waals surface area contributed by atoms with E-state index in [9.17, 15) is 14.9 Å². The summed E-state index contributed by atoms with van der Waals surface area (Å²) in [4.78, 5) is 26.6. The van der Waals surface area contributed by atoms with Crippen molar-refractivity contribution in [2.75, 3.05) is 0 Å². The van der Waals surface area contributed by atoms with Gasteiger partial charge in [0, 0.05) is 12.5 Å². The maximum absolute atomic E-state index is 12.2. The van der Waals surface area contributed by atoms with Gasteiger partial charge in [0.15, 0.2) is 12.4 Å². The Balaban J connectivity index is 2.36. The highest BCUT2D eigenvalue weighted by atomic mass is 79.9. The summed E-state index contributed by atoms with van der Waals surface area (Å²) >= 11 is 14.7. The maximum atomic E-state index is 12.2. The second kappa shape index (κ2) is 6.13. The largest absolute Gasteiger partial charge is 0.358 e. The van der Waals surface area contributed by atoms with Crippen molar-refractivity contribution in [3.8, 4) is 0 Å². The Morgan fingerprint density at radius 3 is 2.67 bits per heavy atom. The number of nitro groups is 1. The number of ketones is 1. The Kier molecular flexibility index (Phi) is 4.65. The molecule has 0 spiro atoms. The summed E-state index contributed by atoms with van der Waals surface area (Å²) in [7, 11) is 0. The normalized spacial score (nSPS) is 10.7. The number of hydrogen-bond acceptors (Lipinski definition) is 4. The molecular weight excluding hydrogens is 385 g/mol. The lowest BCUT2D eigenvalue weighted by atomic mass is 10.1. The maximum Gasteiger partial charge on any atom is 0.357 e. The molecule has 2 aromatic rings. The first-order valence-electron chi connectivity index (χ1n) is 5.66. The van der Waals surface area contributed by atoms with Crippen LogP contribution in [0.3, 0.4) is 0 Å². The molecule has 0 radical (unpaired) electrons. The van der Waals surface area contributed by atoms with Gasteiger partial charge in [0.05, 0.1) is 10.0 Å². The van der Waals surface area contributed by atoms with Crippen LogP contribution in [0.5, 0.6) is 0 Å². The molecule has 0 aliphatic rings. The molecule has 0 fully saturated rings. The van der Waals surface area contributed by atoms with Crippen LogP contribution in [-0.4, -0.2) is 20.3 Å². The predicted octanol–water partition coefficient (Wildman–Crippen LogP) is 4.05. The number of carbonyl (C=O) groups is 1. The number of carbonyl (C=O) groups excluding carboxylic acids is 1. The van der Waals surface area contributed by atoms with Crippen LogP contribution in [0, 0.1) is 17.0 Å². The van der Waals surface area contributed by atoms with E-state index >= 15 is 0 Å². The van der Waals surface area contributed by atoms with Gasteiger partial charge in [-0.05, 0) is 39.1 Å². The topological polar surface area (TPSA) is 78.0 Å². The minimum absolute atomic E-state index is 0.0898. The van der Waals surface area contributed by atoms with E-state index in [1.807, 2.05) is 0 Å². The minimum atomic E-state index is -0.591. The zero-order chi connectivity index (χ0) is 15.7. The number of hydrogen-bond donors (Lipinski definition) is 0. The number of aryl methyl sites for hydroxylation is 1. The van der Waals surface area contributed by atoms with E-state index in [2.05, 4.69) is 20.9 Å². The summed E-state index contributed by atoms with van der Waals surface area (Å²) in [5.41, 5.74) is 0.322. The molecule has 0 saturated heterocycles. The van der Waals surface area contributed by atoms with Crippen LogP contribution in [0.4, 0.5) is 5.82 Å². The van der Waals surface area contributed by atoms with Crippen LogP contribution < -0.4 is 0 Å². The van der Waals surface area contributed by atoms with Gasteiger partial charge in [-0.3, -0.25) is 4.79 Å². The lowest BCUT2D eigenvalue weighted by Crippen LogP contribution is -2.14. The van der Waals surface area contributed by atoms with Crippen molar-refractivity contribution in [2.45, 2.75) is 13.5 Å². The van der Waals surface area contributed by atoms with Crippen LogP contribution in [0.15, 0.2) is 22.8 Å². The van der Waals surface area contributed by atoms with Crippen molar-refractivity contribution >= 4 is 50.7 Å². The first-order chi connectivity index (χ1) is 9.81. The number of benzene rings is 1. The number of aromatic nitrogens is 2. The molecule has 1 aromatic heterocycles. The quantitative estimate of drug-likeness (QED) is 0.446. The van der Waals surface area contributed by atoms with Gasteiger partial charge in [0.25, 0.3) is 0 Å². The second-order valence-corrected chi connectivity index (χ2v) is 5.73. The minimum Gasteiger partial charge on any atom is -0.358 e. The number of Topliss-reactive ketones (excluding diaryl/α,β-unsaturated/α-hetero) is 1. The molecule has 0 aliphatic heterocycles. The number of halogens is 3. The highest BCUT2D eigenvalue weighted by Gasteiger charge is 2.26. The van der Waals surface area contributed by atoms with E-state index in [-0.39, 0.29) is 27.8 Å². The highest BCUT2D eigenvalue weighted by Crippen LogP contribution is 2.27. The first kappa shape index (κ1) is 15.9. The van der Waals surface area contributed by atoms with E-state index in [4.69, 9.17) is 23.2 Å². The molecule has 6 nitrogen and oxygen atoms in total. The van der Waals surface area contributed by atoms with Gasteiger partial charge in [0.1, 0.15) is 0 Å². The Hall–Kier alpha value is -1.44. The van der Waals surface area contributed by atoms with Gasteiger partial charge in [-0.25, -0.2) is 4.57 Å². The van der Waals surface area contributed by atoms with Gasteiger partial charge in [-0.2, -0.15) is 4.98 Å². The zero-order valence-corrected chi connectivity index (χ0v) is 13.7. The molecular formula is C12H8BrCl2N3O3. The average Bonchev–Trinajstić information content (AvgIpc) is 2.67. The molecule has 0 saturated carbocycles. The Morgan fingerprint density at radius 1 is 1.43 bits per heavy atom. The second-order valence-electron chi connectivity index (χ2n) is 4.17. The zero-order valence-electron chi connectivity index (χ0n) is 10.6. The fraction of sp³-hybridized carbons (Fsp3) is 0.167. The van der Waals surface area contributed by atoms with Crippen LogP contribution in [0.2, 0.25) is 10.0 Å². The average molecular weight is 393 g/mol. The Morgan fingerprint density at radius 2 is 2.10 bits per heavy atom. The van der Waals surface area contributed by atoms with E-state index in [1.54, 1.807) is 6.92 Å². The molecule has 0 atom stereocenters. The van der Waals surface area contributed by atoms with Gasteiger partial charge in [-0.1, -0.05) is 23.2 Å². The molecule has 0 bridgehead atoms. The Labute approximate surface area is 138 Å². The molecule has 1 aromatic carbocycles. The molecule has 9 heteroatoms. The van der Waals surface area contributed by atoms with Crippen LogP contribution in [0.1, 0.15) is 16.2 Å². The smallest absolute Gasteiger partial charge is 0.357 e. The Bertz CT molecular complexity index is 746. The highest BCUT2D eigenvalue weighted by molar-refractivity contribution is 9.10. The van der Waals surface area contributed by atoms with Crippen LogP contribution in [0.25, 0.3) is 0 Å². The number of nitrogens with zero attached hydrogens (tertiary/aromatic N) is 3. The molecule has 2 rings (SSSR count). The summed E-state index contributed by atoms with van der Waals surface area (Å²) in [6.07, 6.45) is 0. The van der Waals surface area contributed by atoms with Crippen molar-refractivity contribution in [1.82, 2.24) is 9.55 Å². The number of rotatable bonds is 4. The molecule has 21 heavy (non-hydrogen) atoms. The van der Waals surface area contributed by atoms with Crippen molar-refractivity contribution in [1.29, 1.82) is 0 Å². The van der Waals surface area contributed by atoms with Gasteiger partial charge >= 0.3 is 5.82 Å². The summed E-state index contributed by atoms with van der Waals surface area (Å²) in [6, 6.07) is 4.45. The third kappa shape index (κ3) is 3.25. The van der Waals surface area contributed by atoms with E-state index < -0.39 is 4.92 Å². The molecule has 0 N–H and O–H groups in total. The third-order valence-corrected chi connectivity index (χ3v) is 4.08. The summed E-state index contributed by atoms with van der Waals surface area (Å²) in [5.74, 6) is -0.229. The molecule has 1 heterocycles. The van der Waals surface area contributed by atoms with Crippen molar-refractivity contribution in [2.24, 2.45) is 0 Å². The van der Waals surface area contributed by atoms with E-state index in [1.165, 1.54) is 22.8 Å².